The number of carboxylic acid groups (broad SMARTS) is 1. The Kier molecular flexibility index (Phi) is 2.69. The molecule has 0 bridgehead atoms. The van der Waals surface area contributed by atoms with Crippen molar-refractivity contribution in [3.8, 4) is 0 Å². The molecule has 1 rings (SSSR count). The van der Waals surface area contributed by atoms with E-state index in [1.54, 1.807) is 0 Å². The molecule has 0 unspecified atom stereocenters. The van der Waals surface area contributed by atoms with Crippen LogP contribution in [0, 0.1) is 11.9 Å². The fourth-order valence-electron chi connectivity index (χ4n) is 0.708. The second-order valence-corrected chi connectivity index (χ2v) is 2.19. The molecule has 1 heterocycles. The van der Waals surface area contributed by atoms with E-state index in [2.05, 4.69) is 4.98 Å². The lowest BCUT2D eigenvalue weighted by molar-refractivity contribution is -0.131. The van der Waals surface area contributed by atoms with Gasteiger partial charge < -0.3 is 5.11 Å². The van der Waals surface area contributed by atoms with E-state index in [4.69, 9.17) is 5.11 Å². The first-order valence-corrected chi connectivity index (χ1v) is 3.32. The minimum Gasteiger partial charge on any atom is -0.478 e. The lowest BCUT2D eigenvalue weighted by Gasteiger charge is -1.93. The van der Waals surface area contributed by atoms with Crippen molar-refractivity contribution in [2.45, 2.75) is 0 Å². The van der Waals surface area contributed by atoms with E-state index in [1.165, 1.54) is 0 Å². The molecule has 0 saturated heterocycles. The average molecular weight is 185 g/mol. The zero-order chi connectivity index (χ0) is 9.84. The van der Waals surface area contributed by atoms with Crippen molar-refractivity contribution < 1.29 is 18.7 Å². The molecule has 0 fully saturated rings. The Hall–Kier alpha value is -1.78. The maximum absolute atomic E-state index is 12.7. The van der Waals surface area contributed by atoms with Gasteiger partial charge in [-0.1, -0.05) is 0 Å². The minimum absolute atomic E-state index is 0.0659. The van der Waals surface area contributed by atoms with Gasteiger partial charge in [0.1, 0.15) is 0 Å². The molecular weight excluding hydrogens is 180 g/mol. The molecular formula is C8H5F2NO2. The SMILES string of the molecule is O=C(O)/C=C/c1ccc(F)nc1F. The topological polar surface area (TPSA) is 50.2 Å². The van der Waals surface area contributed by atoms with Crippen LogP contribution in [0.15, 0.2) is 18.2 Å². The number of halogens is 2. The molecule has 13 heavy (non-hydrogen) atoms. The molecule has 0 radical (unpaired) electrons. The quantitative estimate of drug-likeness (QED) is 0.560. The summed E-state index contributed by atoms with van der Waals surface area (Å²) in [6.07, 6.45) is 1.75. The second kappa shape index (κ2) is 3.75. The fraction of sp³-hybridized carbons (Fsp3) is 0. The minimum atomic E-state index is -1.20. The molecule has 68 valence electrons. The highest BCUT2D eigenvalue weighted by Gasteiger charge is 2.01. The summed E-state index contributed by atoms with van der Waals surface area (Å²) in [5, 5.41) is 8.22. The molecule has 0 saturated carbocycles. The van der Waals surface area contributed by atoms with Gasteiger partial charge in [0, 0.05) is 11.6 Å². The van der Waals surface area contributed by atoms with E-state index in [0.717, 1.165) is 24.3 Å². The number of aliphatic carboxylic acids is 1. The zero-order valence-electron chi connectivity index (χ0n) is 6.37. The molecule has 1 N–H and O–H groups in total. The highest BCUT2D eigenvalue weighted by atomic mass is 19.1. The second-order valence-electron chi connectivity index (χ2n) is 2.19. The third-order valence-corrected chi connectivity index (χ3v) is 1.25. The van der Waals surface area contributed by atoms with Crippen LogP contribution in [-0.2, 0) is 4.79 Å². The lowest BCUT2D eigenvalue weighted by atomic mass is 10.2. The van der Waals surface area contributed by atoms with Gasteiger partial charge in [0.15, 0.2) is 0 Å². The summed E-state index contributed by atoms with van der Waals surface area (Å²) < 4.78 is 25.0. The maximum atomic E-state index is 12.7. The summed E-state index contributed by atoms with van der Waals surface area (Å²) in [7, 11) is 0. The summed E-state index contributed by atoms with van der Waals surface area (Å²) >= 11 is 0. The van der Waals surface area contributed by atoms with Crippen molar-refractivity contribution in [1.82, 2.24) is 4.98 Å². The monoisotopic (exact) mass is 185 g/mol. The first kappa shape index (κ1) is 9.31. The van der Waals surface area contributed by atoms with Gasteiger partial charge in [-0.2, -0.15) is 13.8 Å². The van der Waals surface area contributed by atoms with E-state index < -0.39 is 17.9 Å². The number of carboxylic acids is 1. The Labute approximate surface area is 72.3 Å². The van der Waals surface area contributed by atoms with Crippen LogP contribution in [0.1, 0.15) is 5.56 Å². The van der Waals surface area contributed by atoms with E-state index in [1.807, 2.05) is 0 Å². The molecule has 1 aromatic heterocycles. The van der Waals surface area contributed by atoms with Gasteiger partial charge in [0.05, 0.1) is 0 Å². The van der Waals surface area contributed by atoms with Crippen LogP contribution in [-0.4, -0.2) is 16.1 Å². The summed E-state index contributed by atoms with van der Waals surface area (Å²) in [5.74, 6) is -3.17. The zero-order valence-corrected chi connectivity index (χ0v) is 6.37. The predicted octanol–water partition coefficient (Wildman–Crippen LogP) is 1.46. The van der Waals surface area contributed by atoms with Crippen LogP contribution in [0.5, 0.6) is 0 Å². The molecule has 0 aliphatic carbocycles. The molecule has 0 aliphatic rings. The fourth-order valence-corrected chi connectivity index (χ4v) is 0.708. The van der Waals surface area contributed by atoms with Gasteiger partial charge in [-0.25, -0.2) is 4.79 Å². The molecule has 1 aromatic rings. The largest absolute Gasteiger partial charge is 0.478 e. The molecule has 0 spiro atoms. The van der Waals surface area contributed by atoms with E-state index >= 15 is 0 Å². The average Bonchev–Trinajstić information content (AvgIpc) is 2.02. The molecule has 0 amide bonds. The van der Waals surface area contributed by atoms with Crippen molar-refractivity contribution in [3.63, 3.8) is 0 Å². The normalized spacial score (nSPS) is 10.6. The Balaban J connectivity index is 2.96. The van der Waals surface area contributed by atoms with E-state index in [0.29, 0.717) is 0 Å². The summed E-state index contributed by atoms with van der Waals surface area (Å²) in [4.78, 5) is 12.9. The van der Waals surface area contributed by atoms with Gasteiger partial charge in [-0.3, -0.25) is 0 Å². The van der Waals surface area contributed by atoms with E-state index in [9.17, 15) is 13.6 Å². The van der Waals surface area contributed by atoms with Crippen molar-refractivity contribution in [1.29, 1.82) is 0 Å². The van der Waals surface area contributed by atoms with Crippen molar-refractivity contribution >= 4 is 12.0 Å². The highest BCUT2D eigenvalue weighted by Crippen LogP contribution is 2.07. The van der Waals surface area contributed by atoms with Crippen LogP contribution in [0.3, 0.4) is 0 Å². The van der Waals surface area contributed by atoms with Crippen LogP contribution >= 0.6 is 0 Å². The van der Waals surface area contributed by atoms with Crippen LogP contribution in [0.25, 0.3) is 6.08 Å². The third-order valence-electron chi connectivity index (χ3n) is 1.25. The van der Waals surface area contributed by atoms with Gasteiger partial charge in [-0.15, -0.1) is 0 Å². The molecule has 3 nitrogen and oxygen atoms in total. The van der Waals surface area contributed by atoms with Gasteiger partial charge in [-0.05, 0) is 18.2 Å². The number of pyridine rings is 1. The number of aromatic nitrogens is 1. The van der Waals surface area contributed by atoms with Gasteiger partial charge >= 0.3 is 5.97 Å². The predicted molar refractivity (Wildman–Crippen MR) is 40.8 cm³/mol. The maximum Gasteiger partial charge on any atom is 0.328 e. The molecule has 0 aliphatic heterocycles. The number of carbonyl (C=O) groups is 1. The van der Waals surface area contributed by atoms with Gasteiger partial charge in [0.25, 0.3) is 0 Å². The van der Waals surface area contributed by atoms with Gasteiger partial charge in [0.2, 0.25) is 11.9 Å². The number of nitrogens with zero attached hydrogens (tertiary/aromatic N) is 1. The van der Waals surface area contributed by atoms with Crippen molar-refractivity contribution in [3.05, 3.63) is 35.7 Å². The standard InChI is InChI=1S/C8H5F2NO2/c9-6-3-1-5(8(10)11-6)2-4-7(12)13/h1-4H,(H,12,13)/b4-2+. The highest BCUT2D eigenvalue weighted by molar-refractivity contribution is 5.85. The summed E-state index contributed by atoms with van der Waals surface area (Å²) in [6, 6.07) is 2.06. The van der Waals surface area contributed by atoms with Crippen molar-refractivity contribution in [2.75, 3.05) is 0 Å². The Morgan fingerprint density at radius 2 is 2.15 bits per heavy atom. The molecule has 0 aromatic carbocycles. The Morgan fingerprint density at radius 1 is 1.46 bits per heavy atom. The first-order valence-electron chi connectivity index (χ1n) is 3.32. The van der Waals surface area contributed by atoms with E-state index in [-0.39, 0.29) is 5.56 Å². The summed E-state index contributed by atoms with van der Waals surface area (Å²) in [6.45, 7) is 0. The smallest absolute Gasteiger partial charge is 0.328 e. The summed E-state index contributed by atoms with van der Waals surface area (Å²) in [5.41, 5.74) is -0.0659. The van der Waals surface area contributed by atoms with Crippen LogP contribution < -0.4 is 0 Å². The molecule has 5 heteroatoms. The van der Waals surface area contributed by atoms with Crippen molar-refractivity contribution in [2.24, 2.45) is 0 Å². The first-order chi connectivity index (χ1) is 6.09. The molecule has 0 atom stereocenters. The number of hydrogen-bond donors (Lipinski definition) is 1. The Morgan fingerprint density at radius 3 is 2.69 bits per heavy atom. The van der Waals surface area contributed by atoms with Crippen LogP contribution in [0.2, 0.25) is 0 Å². The number of hydrogen-bond acceptors (Lipinski definition) is 2. The third kappa shape index (κ3) is 2.62. The van der Waals surface area contributed by atoms with Crippen LogP contribution in [0.4, 0.5) is 8.78 Å². The Bertz CT molecular complexity index is 363. The lowest BCUT2D eigenvalue weighted by Crippen LogP contribution is -1.92. The number of rotatable bonds is 2.